The van der Waals surface area contributed by atoms with Crippen molar-refractivity contribution >= 4 is 34.2 Å². The van der Waals surface area contributed by atoms with Crippen molar-refractivity contribution in [1.82, 2.24) is 20.5 Å². The summed E-state index contributed by atoms with van der Waals surface area (Å²) < 4.78 is 0. The number of hydrogen-bond acceptors (Lipinski definition) is 6. The van der Waals surface area contributed by atoms with Gasteiger partial charge in [-0.15, -0.1) is 0 Å². The van der Waals surface area contributed by atoms with Crippen molar-refractivity contribution in [2.24, 2.45) is 0 Å². The van der Waals surface area contributed by atoms with Crippen LogP contribution in [0.5, 0.6) is 0 Å². The van der Waals surface area contributed by atoms with E-state index >= 15 is 0 Å². The summed E-state index contributed by atoms with van der Waals surface area (Å²) >= 11 is 0. The lowest BCUT2D eigenvalue weighted by Crippen LogP contribution is -2.36. The molecule has 0 saturated carbocycles. The monoisotopic (exact) mass is 363 g/mol. The van der Waals surface area contributed by atoms with Crippen LogP contribution in [0.1, 0.15) is 17.7 Å². The van der Waals surface area contributed by atoms with Gasteiger partial charge in [-0.1, -0.05) is 18.2 Å². The first-order valence-electron chi connectivity index (χ1n) is 8.26. The number of aryl methyl sites for hydroxylation is 1. The van der Waals surface area contributed by atoms with Gasteiger partial charge in [0.2, 0.25) is 0 Å². The third kappa shape index (κ3) is 4.01. The maximum atomic E-state index is 12.1. The first kappa shape index (κ1) is 17.9. The van der Waals surface area contributed by atoms with Crippen LogP contribution in [0.15, 0.2) is 36.5 Å². The van der Waals surface area contributed by atoms with E-state index in [0.717, 1.165) is 5.39 Å². The minimum absolute atomic E-state index is 0.152. The van der Waals surface area contributed by atoms with E-state index in [1.165, 1.54) is 0 Å². The first-order chi connectivity index (χ1) is 13.1. The maximum absolute atomic E-state index is 12.1. The van der Waals surface area contributed by atoms with Gasteiger partial charge >= 0.3 is 11.8 Å². The van der Waals surface area contributed by atoms with Crippen LogP contribution in [0.25, 0.3) is 10.9 Å². The Labute approximate surface area is 154 Å². The third-order valence-electron chi connectivity index (χ3n) is 3.96. The predicted molar refractivity (Wildman–Crippen MR) is 99.4 cm³/mol. The molecule has 0 unspecified atom stereocenters. The van der Waals surface area contributed by atoms with Crippen LogP contribution in [-0.2, 0) is 16.0 Å². The van der Waals surface area contributed by atoms with Gasteiger partial charge in [-0.2, -0.15) is 10.4 Å². The molecule has 2 amide bonds. The highest BCUT2D eigenvalue weighted by Crippen LogP contribution is 2.20. The van der Waals surface area contributed by atoms with E-state index < -0.39 is 11.8 Å². The zero-order chi connectivity index (χ0) is 19.2. The van der Waals surface area contributed by atoms with E-state index in [4.69, 9.17) is 11.0 Å². The molecule has 9 heteroatoms. The second-order valence-electron chi connectivity index (χ2n) is 5.77. The number of aromatic amines is 1. The van der Waals surface area contributed by atoms with Crippen molar-refractivity contribution in [3.8, 4) is 6.07 Å². The lowest BCUT2D eigenvalue weighted by atomic mass is 10.1. The lowest BCUT2D eigenvalue weighted by Gasteiger charge is -2.08. The molecule has 0 fully saturated rings. The standard InChI is InChI=1S/C18H17N7O2/c19-10-12-13(24-25-16(12)20)7-3-9-22-17(26)18(27)23-14-6-1-4-11-5-2-8-21-15(11)14/h1-2,4-6,8H,3,7,9H2,(H,22,26)(H,23,27)(H3,20,24,25). The minimum Gasteiger partial charge on any atom is -0.381 e. The van der Waals surface area contributed by atoms with E-state index in [2.05, 4.69) is 25.8 Å². The number of nitrogens with two attached hydrogens (primary N) is 1. The molecule has 0 aliphatic rings. The second-order valence-corrected chi connectivity index (χ2v) is 5.77. The minimum atomic E-state index is -0.767. The number of H-pyrrole nitrogens is 1. The average molecular weight is 363 g/mol. The second kappa shape index (κ2) is 7.97. The molecule has 0 aliphatic heterocycles. The number of aromatic nitrogens is 3. The summed E-state index contributed by atoms with van der Waals surface area (Å²) in [6.45, 7) is 0.268. The predicted octanol–water partition coefficient (Wildman–Crippen LogP) is 1.10. The fourth-order valence-electron chi connectivity index (χ4n) is 2.63. The number of amides is 2. The molecule has 0 saturated heterocycles. The summed E-state index contributed by atoms with van der Waals surface area (Å²) in [5, 5.41) is 21.5. The Hall–Kier alpha value is -3.93. The number of anilines is 2. The van der Waals surface area contributed by atoms with Crippen LogP contribution in [0.3, 0.4) is 0 Å². The highest BCUT2D eigenvalue weighted by Gasteiger charge is 2.15. The molecule has 0 atom stereocenters. The summed E-state index contributed by atoms with van der Waals surface area (Å²) in [5.74, 6) is -1.36. The average Bonchev–Trinajstić information content (AvgIpc) is 3.04. The molecule has 5 N–H and O–H groups in total. The van der Waals surface area contributed by atoms with E-state index in [1.54, 1.807) is 24.4 Å². The molecule has 27 heavy (non-hydrogen) atoms. The quantitative estimate of drug-likeness (QED) is 0.394. The summed E-state index contributed by atoms with van der Waals surface area (Å²) in [4.78, 5) is 28.3. The van der Waals surface area contributed by atoms with Gasteiger partial charge in [0.1, 0.15) is 11.6 Å². The fraction of sp³-hybridized carbons (Fsp3) is 0.167. The Morgan fingerprint density at radius 2 is 2.04 bits per heavy atom. The number of para-hydroxylation sites is 1. The third-order valence-corrected chi connectivity index (χ3v) is 3.96. The Bertz CT molecular complexity index is 1030. The Balaban J connectivity index is 1.52. The smallest absolute Gasteiger partial charge is 0.313 e. The molecule has 2 heterocycles. The van der Waals surface area contributed by atoms with Crippen LogP contribution < -0.4 is 16.4 Å². The molecule has 9 nitrogen and oxygen atoms in total. The molecule has 0 spiro atoms. The normalized spacial score (nSPS) is 10.3. The van der Waals surface area contributed by atoms with Gasteiger partial charge < -0.3 is 16.4 Å². The van der Waals surface area contributed by atoms with Crippen LogP contribution >= 0.6 is 0 Å². The van der Waals surface area contributed by atoms with Crippen LogP contribution in [0.2, 0.25) is 0 Å². The van der Waals surface area contributed by atoms with Gasteiger partial charge in [-0.05, 0) is 25.0 Å². The molecule has 2 aromatic heterocycles. The van der Waals surface area contributed by atoms with Crippen LogP contribution in [0, 0.1) is 11.3 Å². The Kier molecular flexibility index (Phi) is 5.28. The number of nitriles is 1. The van der Waals surface area contributed by atoms with Crippen molar-refractivity contribution in [3.63, 3.8) is 0 Å². The van der Waals surface area contributed by atoms with Crippen molar-refractivity contribution in [3.05, 3.63) is 47.8 Å². The summed E-state index contributed by atoms with van der Waals surface area (Å²) in [5.41, 5.74) is 7.56. The fourth-order valence-corrected chi connectivity index (χ4v) is 2.63. The van der Waals surface area contributed by atoms with Crippen molar-refractivity contribution in [2.45, 2.75) is 12.8 Å². The van der Waals surface area contributed by atoms with Gasteiger partial charge in [0.05, 0.1) is 16.9 Å². The SMILES string of the molecule is N#Cc1c(N)n[nH]c1CCCNC(=O)C(=O)Nc1cccc2cccnc12. The van der Waals surface area contributed by atoms with Crippen molar-refractivity contribution < 1.29 is 9.59 Å². The van der Waals surface area contributed by atoms with Crippen LogP contribution in [0.4, 0.5) is 11.5 Å². The van der Waals surface area contributed by atoms with E-state index in [-0.39, 0.29) is 12.4 Å². The number of benzene rings is 1. The Morgan fingerprint density at radius 3 is 2.85 bits per heavy atom. The molecule has 0 bridgehead atoms. The number of carbonyl (C=O) groups is 2. The number of fused-ring (bicyclic) bond motifs is 1. The van der Waals surface area contributed by atoms with Gasteiger partial charge in [-0.3, -0.25) is 19.7 Å². The largest absolute Gasteiger partial charge is 0.381 e. The summed E-state index contributed by atoms with van der Waals surface area (Å²) in [7, 11) is 0. The van der Waals surface area contributed by atoms with Crippen molar-refractivity contribution in [1.29, 1.82) is 5.26 Å². The van der Waals surface area contributed by atoms with Gasteiger partial charge in [0.25, 0.3) is 0 Å². The van der Waals surface area contributed by atoms with E-state index in [1.807, 2.05) is 18.2 Å². The number of rotatable bonds is 5. The molecule has 3 rings (SSSR count). The maximum Gasteiger partial charge on any atom is 0.313 e. The Morgan fingerprint density at radius 1 is 1.22 bits per heavy atom. The number of nitrogen functional groups attached to an aromatic ring is 1. The molecule has 0 radical (unpaired) electrons. The molecular weight excluding hydrogens is 346 g/mol. The summed E-state index contributed by atoms with van der Waals surface area (Å²) in [6, 6.07) is 11.0. The molecule has 136 valence electrons. The number of nitrogens with one attached hydrogen (secondary N) is 3. The zero-order valence-corrected chi connectivity index (χ0v) is 14.3. The molecule has 0 aliphatic carbocycles. The first-order valence-corrected chi connectivity index (χ1v) is 8.26. The molecule has 3 aromatic rings. The van der Waals surface area contributed by atoms with Gasteiger partial charge in [-0.25, -0.2) is 0 Å². The van der Waals surface area contributed by atoms with E-state index in [0.29, 0.717) is 35.3 Å². The van der Waals surface area contributed by atoms with Gasteiger partial charge in [0, 0.05) is 18.1 Å². The topological polar surface area (TPSA) is 150 Å². The zero-order valence-electron chi connectivity index (χ0n) is 14.3. The number of nitrogens with zero attached hydrogens (tertiary/aromatic N) is 3. The number of pyridine rings is 1. The molecule has 1 aromatic carbocycles. The van der Waals surface area contributed by atoms with Crippen LogP contribution in [-0.4, -0.2) is 33.5 Å². The number of carbonyl (C=O) groups excluding carboxylic acids is 2. The van der Waals surface area contributed by atoms with Crippen molar-refractivity contribution in [2.75, 3.05) is 17.6 Å². The molecular formula is C18H17N7O2. The number of hydrogen-bond donors (Lipinski definition) is 4. The summed E-state index contributed by atoms with van der Waals surface area (Å²) in [6.07, 6.45) is 2.61. The van der Waals surface area contributed by atoms with Gasteiger partial charge in [0.15, 0.2) is 5.82 Å². The highest BCUT2D eigenvalue weighted by atomic mass is 16.2. The van der Waals surface area contributed by atoms with E-state index in [9.17, 15) is 9.59 Å². The highest BCUT2D eigenvalue weighted by molar-refractivity contribution is 6.40. The lowest BCUT2D eigenvalue weighted by molar-refractivity contribution is -0.136.